The Kier molecular flexibility index (Phi) is 50.2. The maximum Gasteiger partial charge on any atom is 0.306 e. The number of carbonyl (C=O) groups excluding carboxylic acids is 3. The third-order valence-electron chi connectivity index (χ3n) is 12.8. The standard InChI is InChI=1S/C55H108NO9P/c1-4-7-10-13-16-19-22-25-28-31-34-37-40-43-46-54(58)62-50-52(65-55(59)47-44-41-38-35-32-29-26-23-20-17-14-11-8-5-2)51-64-66(60,61)63-49-48-56-53(57)45-42-39-36-33-30-27-24-21-18-15-12-9-6-3/h52H,4-51H2,1-3H3,(H,56,57)(H,60,61)/p-1/t52-/m1/s1. The number of amides is 1. The van der Waals surface area contributed by atoms with Crippen LogP contribution in [0.5, 0.6) is 0 Å². The highest BCUT2D eigenvalue weighted by Crippen LogP contribution is 2.38. The van der Waals surface area contributed by atoms with Crippen LogP contribution >= 0.6 is 7.82 Å². The van der Waals surface area contributed by atoms with Crippen molar-refractivity contribution in [2.45, 2.75) is 309 Å². The van der Waals surface area contributed by atoms with Gasteiger partial charge in [0.15, 0.2) is 6.10 Å². The number of hydrogen-bond donors (Lipinski definition) is 1. The molecule has 0 aliphatic rings. The summed E-state index contributed by atoms with van der Waals surface area (Å²) < 4.78 is 33.7. The molecule has 0 rings (SSSR count). The summed E-state index contributed by atoms with van der Waals surface area (Å²) in [6.45, 7) is 5.69. The lowest BCUT2D eigenvalue weighted by atomic mass is 10.0. The van der Waals surface area contributed by atoms with Crippen molar-refractivity contribution in [3.8, 4) is 0 Å². The number of esters is 2. The Labute approximate surface area is 407 Å². The molecule has 0 aromatic rings. The molecular formula is C55H107NO9P-. The van der Waals surface area contributed by atoms with E-state index in [1.807, 2.05) is 0 Å². The highest BCUT2D eigenvalue weighted by Gasteiger charge is 2.21. The molecule has 11 heteroatoms. The van der Waals surface area contributed by atoms with Gasteiger partial charge in [-0.15, -0.1) is 0 Å². The Balaban J connectivity index is 4.47. The highest BCUT2D eigenvalue weighted by atomic mass is 31.2. The zero-order valence-electron chi connectivity index (χ0n) is 43.6. The molecule has 0 aliphatic heterocycles. The normalized spacial score (nSPS) is 12.8. The number of carbonyl (C=O) groups is 3. The van der Waals surface area contributed by atoms with E-state index in [1.54, 1.807) is 0 Å². The van der Waals surface area contributed by atoms with Gasteiger partial charge in [-0.2, -0.15) is 0 Å². The first-order valence-corrected chi connectivity index (χ1v) is 29.9. The van der Waals surface area contributed by atoms with Crippen LogP contribution in [0.3, 0.4) is 0 Å². The van der Waals surface area contributed by atoms with Gasteiger partial charge < -0.3 is 28.7 Å². The van der Waals surface area contributed by atoms with Crippen molar-refractivity contribution < 1.29 is 42.4 Å². The van der Waals surface area contributed by atoms with Crippen molar-refractivity contribution in [3.63, 3.8) is 0 Å². The molecule has 0 fully saturated rings. The SMILES string of the molecule is CCCCCCCCCCCCCCCCC(=O)OC[C@H](COP(=O)([O-])OCCNC(=O)CCCCCCCCCCCCCCC)OC(=O)CCCCCCCCCCCCCCCC. The van der Waals surface area contributed by atoms with Crippen LogP contribution in [0.15, 0.2) is 0 Å². The van der Waals surface area contributed by atoms with Crippen LogP contribution < -0.4 is 10.2 Å². The van der Waals surface area contributed by atoms with Crippen LogP contribution in [0.4, 0.5) is 0 Å². The van der Waals surface area contributed by atoms with Crippen molar-refractivity contribution in [1.82, 2.24) is 5.32 Å². The van der Waals surface area contributed by atoms with Crippen LogP contribution in [0.25, 0.3) is 0 Å². The van der Waals surface area contributed by atoms with E-state index in [4.69, 9.17) is 18.5 Å². The van der Waals surface area contributed by atoms with Crippen LogP contribution in [-0.2, 0) is 37.5 Å². The second-order valence-electron chi connectivity index (χ2n) is 19.4. The van der Waals surface area contributed by atoms with Gasteiger partial charge in [0.1, 0.15) is 6.61 Å². The Bertz CT molecular complexity index is 1110. The maximum absolute atomic E-state index is 12.8. The molecule has 0 bridgehead atoms. The van der Waals surface area contributed by atoms with Gasteiger partial charge in [-0.3, -0.25) is 18.9 Å². The predicted octanol–water partition coefficient (Wildman–Crippen LogP) is 16.3. The molecule has 0 radical (unpaired) electrons. The number of nitrogens with one attached hydrogen (secondary N) is 1. The number of phosphoric acid groups is 1. The van der Waals surface area contributed by atoms with Crippen molar-refractivity contribution in [2.75, 3.05) is 26.4 Å². The molecular weight excluding hydrogens is 850 g/mol. The van der Waals surface area contributed by atoms with Crippen LogP contribution in [0.1, 0.15) is 303 Å². The van der Waals surface area contributed by atoms with Crippen LogP contribution in [-0.4, -0.2) is 50.3 Å². The summed E-state index contributed by atoms with van der Waals surface area (Å²) in [5.74, 6) is -1.01. The lowest BCUT2D eigenvalue weighted by molar-refractivity contribution is -0.228. The second kappa shape index (κ2) is 51.4. The zero-order chi connectivity index (χ0) is 48.3. The molecule has 392 valence electrons. The molecule has 1 unspecified atom stereocenters. The summed E-state index contributed by atoms with van der Waals surface area (Å²) in [6.07, 6.45) is 50.0. The van der Waals surface area contributed by atoms with E-state index in [-0.39, 0.29) is 38.5 Å². The van der Waals surface area contributed by atoms with Gasteiger partial charge in [0.2, 0.25) is 5.91 Å². The second-order valence-corrected chi connectivity index (χ2v) is 20.8. The fourth-order valence-electron chi connectivity index (χ4n) is 8.50. The summed E-state index contributed by atoms with van der Waals surface area (Å²) >= 11 is 0. The molecule has 66 heavy (non-hydrogen) atoms. The monoisotopic (exact) mass is 957 g/mol. The summed E-state index contributed by atoms with van der Waals surface area (Å²) in [4.78, 5) is 50.3. The van der Waals surface area contributed by atoms with Crippen molar-refractivity contribution in [2.24, 2.45) is 0 Å². The first-order valence-electron chi connectivity index (χ1n) is 28.5. The summed E-state index contributed by atoms with van der Waals surface area (Å²) in [6, 6.07) is 0. The molecule has 0 aromatic carbocycles. The molecule has 2 atom stereocenters. The third kappa shape index (κ3) is 50.4. The number of phosphoric ester groups is 1. The fourth-order valence-corrected chi connectivity index (χ4v) is 9.24. The topological polar surface area (TPSA) is 140 Å². The van der Waals surface area contributed by atoms with Crippen LogP contribution in [0, 0.1) is 0 Å². The number of ether oxygens (including phenoxy) is 2. The summed E-state index contributed by atoms with van der Waals surface area (Å²) in [5.41, 5.74) is 0. The lowest BCUT2D eigenvalue weighted by Crippen LogP contribution is -2.31. The van der Waals surface area contributed by atoms with Crippen LogP contribution in [0.2, 0.25) is 0 Å². The van der Waals surface area contributed by atoms with Crippen molar-refractivity contribution in [3.05, 3.63) is 0 Å². The molecule has 0 aliphatic carbocycles. The minimum absolute atomic E-state index is 0.0291. The van der Waals surface area contributed by atoms with E-state index >= 15 is 0 Å². The van der Waals surface area contributed by atoms with Gasteiger partial charge in [0.05, 0.1) is 13.2 Å². The smallest absolute Gasteiger partial charge is 0.306 e. The minimum Gasteiger partial charge on any atom is -0.756 e. The first kappa shape index (κ1) is 64.5. The minimum atomic E-state index is -4.78. The number of unbranched alkanes of at least 4 members (excludes halogenated alkanes) is 38. The van der Waals surface area contributed by atoms with E-state index in [0.717, 1.165) is 57.8 Å². The average molecular weight is 957 g/mol. The molecule has 1 amide bonds. The zero-order valence-corrected chi connectivity index (χ0v) is 44.5. The highest BCUT2D eigenvalue weighted by molar-refractivity contribution is 7.45. The molecule has 0 saturated heterocycles. The van der Waals surface area contributed by atoms with E-state index in [2.05, 4.69) is 26.1 Å². The largest absolute Gasteiger partial charge is 0.756 e. The number of hydrogen-bond acceptors (Lipinski definition) is 9. The van der Waals surface area contributed by atoms with E-state index in [9.17, 15) is 23.8 Å². The first-order chi connectivity index (χ1) is 32.2. The van der Waals surface area contributed by atoms with Crippen molar-refractivity contribution in [1.29, 1.82) is 0 Å². The Hall–Kier alpha value is -1.48. The number of rotatable bonds is 54. The third-order valence-corrected chi connectivity index (χ3v) is 13.8. The molecule has 1 N–H and O–H groups in total. The van der Waals surface area contributed by atoms with E-state index in [0.29, 0.717) is 12.8 Å². The summed E-state index contributed by atoms with van der Waals surface area (Å²) in [7, 11) is -4.78. The Morgan fingerprint density at radius 2 is 0.712 bits per heavy atom. The molecule has 0 saturated carbocycles. The van der Waals surface area contributed by atoms with Gasteiger partial charge in [0.25, 0.3) is 7.82 Å². The van der Waals surface area contributed by atoms with Gasteiger partial charge in [-0.05, 0) is 19.3 Å². The molecule has 0 spiro atoms. The maximum atomic E-state index is 12.8. The van der Waals surface area contributed by atoms with E-state index < -0.39 is 32.5 Å². The fraction of sp³-hybridized carbons (Fsp3) is 0.945. The Morgan fingerprint density at radius 3 is 1.06 bits per heavy atom. The quantitative estimate of drug-likeness (QED) is 0.0358. The van der Waals surface area contributed by atoms with Gasteiger partial charge in [0, 0.05) is 25.8 Å². The van der Waals surface area contributed by atoms with Gasteiger partial charge >= 0.3 is 11.9 Å². The average Bonchev–Trinajstić information content (AvgIpc) is 3.30. The van der Waals surface area contributed by atoms with Crippen molar-refractivity contribution >= 4 is 25.7 Å². The van der Waals surface area contributed by atoms with Gasteiger partial charge in [-0.1, -0.05) is 265 Å². The predicted molar refractivity (Wildman–Crippen MR) is 274 cm³/mol. The lowest BCUT2D eigenvalue weighted by Gasteiger charge is -2.25. The van der Waals surface area contributed by atoms with E-state index in [1.165, 1.54) is 199 Å². The Morgan fingerprint density at radius 1 is 0.409 bits per heavy atom. The molecule has 0 aromatic heterocycles. The molecule has 10 nitrogen and oxygen atoms in total. The summed E-state index contributed by atoms with van der Waals surface area (Å²) in [5, 5.41) is 2.71. The molecule has 0 heterocycles. The van der Waals surface area contributed by atoms with Gasteiger partial charge in [-0.25, -0.2) is 0 Å².